The fraction of sp³-hybridized carbons (Fsp3) is 0.300. The summed E-state index contributed by atoms with van der Waals surface area (Å²) in [5, 5.41) is 2.64. The van der Waals surface area contributed by atoms with Crippen LogP contribution < -0.4 is 10.2 Å². The van der Waals surface area contributed by atoms with Crippen LogP contribution in [0, 0.1) is 0 Å². The van der Waals surface area contributed by atoms with Gasteiger partial charge in [-0.05, 0) is 54.8 Å². The van der Waals surface area contributed by atoms with Crippen LogP contribution in [0.25, 0.3) is 0 Å². The van der Waals surface area contributed by atoms with Crippen LogP contribution in [0.2, 0.25) is 0 Å². The molecule has 0 aliphatic carbocycles. The minimum Gasteiger partial charge on any atom is -0.322 e. The van der Waals surface area contributed by atoms with Crippen LogP contribution in [0.5, 0.6) is 0 Å². The highest BCUT2D eigenvalue weighted by molar-refractivity contribution is 6.05. The Hall–Kier alpha value is -2.83. The Morgan fingerprint density at radius 1 is 1.15 bits per heavy atom. The van der Waals surface area contributed by atoms with E-state index in [1.54, 1.807) is 23.1 Å². The third kappa shape index (κ3) is 4.13. The molecular weight excluding hydrogens is 357 g/mol. The molecule has 2 aromatic rings. The first-order valence-electron chi connectivity index (χ1n) is 8.71. The molecule has 0 saturated carbocycles. The van der Waals surface area contributed by atoms with E-state index >= 15 is 0 Å². The van der Waals surface area contributed by atoms with Crippen LogP contribution in [0.15, 0.2) is 42.5 Å². The fourth-order valence-corrected chi connectivity index (χ4v) is 3.15. The van der Waals surface area contributed by atoms with E-state index in [0.717, 1.165) is 29.8 Å². The molecule has 1 heterocycles. The molecule has 0 unspecified atom stereocenters. The number of carbonyl (C=O) groups is 2. The van der Waals surface area contributed by atoms with Crippen molar-refractivity contribution in [3.8, 4) is 0 Å². The molecule has 27 heavy (non-hydrogen) atoms. The zero-order valence-electron chi connectivity index (χ0n) is 14.8. The van der Waals surface area contributed by atoms with Gasteiger partial charge in [-0.2, -0.15) is 13.2 Å². The average molecular weight is 376 g/mol. The summed E-state index contributed by atoms with van der Waals surface area (Å²) in [5.74, 6) is -0.538. The third-order valence-corrected chi connectivity index (χ3v) is 4.44. The summed E-state index contributed by atoms with van der Waals surface area (Å²) in [4.78, 5) is 26.1. The van der Waals surface area contributed by atoms with Crippen molar-refractivity contribution in [3.63, 3.8) is 0 Å². The van der Waals surface area contributed by atoms with Crippen molar-refractivity contribution in [2.24, 2.45) is 0 Å². The van der Waals surface area contributed by atoms with Gasteiger partial charge < -0.3 is 10.2 Å². The van der Waals surface area contributed by atoms with Gasteiger partial charge in [0.25, 0.3) is 5.91 Å². The van der Waals surface area contributed by atoms with Gasteiger partial charge in [-0.25, -0.2) is 0 Å². The quantitative estimate of drug-likeness (QED) is 0.845. The molecule has 2 aromatic carbocycles. The van der Waals surface area contributed by atoms with E-state index in [4.69, 9.17) is 0 Å². The molecule has 0 atom stereocenters. The number of nitrogens with one attached hydrogen (secondary N) is 1. The lowest BCUT2D eigenvalue weighted by Gasteiger charge is -2.29. The Kier molecular flexibility index (Phi) is 5.21. The van der Waals surface area contributed by atoms with Crippen LogP contribution in [-0.4, -0.2) is 18.4 Å². The number of alkyl halides is 3. The van der Waals surface area contributed by atoms with E-state index in [1.807, 2.05) is 6.92 Å². The number of halogens is 3. The molecule has 4 nitrogen and oxygen atoms in total. The van der Waals surface area contributed by atoms with Crippen molar-refractivity contribution in [3.05, 3.63) is 59.2 Å². The molecule has 0 radical (unpaired) electrons. The second-order valence-electron chi connectivity index (χ2n) is 6.42. The van der Waals surface area contributed by atoms with Crippen molar-refractivity contribution in [2.75, 3.05) is 16.8 Å². The van der Waals surface area contributed by atoms with Gasteiger partial charge in [0.15, 0.2) is 0 Å². The molecule has 0 bridgehead atoms. The Balaban J connectivity index is 1.81. The van der Waals surface area contributed by atoms with Gasteiger partial charge in [0.2, 0.25) is 5.91 Å². The molecule has 0 fully saturated rings. The molecule has 3 rings (SSSR count). The molecule has 1 aliphatic heterocycles. The Morgan fingerprint density at radius 2 is 1.93 bits per heavy atom. The third-order valence-electron chi connectivity index (χ3n) is 4.44. The van der Waals surface area contributed by atoms with Gasteiger partial charge in [-0.1, -0.05) is 13.0 Å². The zero-order valence-corrected chi connectivity index (χ0v) is 14.8. The number of hydrogen-bond acceptors (Lipinski definition) is 2. The van der Waals surface area contributed by atoms with Crippen molar-refractivity contribution < 1.29 is 22.8 Å². The SMILES string of the molecule is CCCN1C(=O)CCc2cc(NC(=O)c3cccc(C(F)(F)F)c3)ccc21. The van der Waals surface area contributed by atoms with Gasteiger partial charge >= 0.3 is 6.18 Å². The van der Waals surface area contributed by atoms with Gasteiger partial charge in [-0.15, -0.1) is 0 Å². The van der Waals surface area contributed by atoms with Crippen LogP contribution in [0.3, 0.4) is 0 Å². The lowest BCUT2D eigenvalue weighted by molar-refractivity contribution is -0.137. The number of nitrogens with zero attached hydrogens (tertiary/aromatic N) is 1. The highest BCUT2D eigenvalue weighted by Gasteiger charge is 2.31. The lowest BCUT2D eigenvalue weighted by atomic mass is 10.00. The standard InChI is InChI=1S/C20H19F3N2O2/c1-2-10-25-17-8-7-16(12-13(17)6-9-18(25)26)24-19(27)14-4-3-5-15(11-14)20(21,22)23/h3-5,7-8,11-12H,2,6,9-10H2,1H3,(H,24,27). The van der Waals surface area contributed by atoms with Crippen LogP contribution in [-0.2, 0) is 17.4 Å². The van der Waals surface area contributed by atoms with Crippen molar-refractivity contribution >= 4 is 23.2 Å². The van der Waals surface area contributed by atoms with Gasteiger partial charge in [0.05, 0.1) is 5.56 Å². The zero-order chi connectivity index (χ0) is 19.6. The molecule has 142 valence electrons. The van der Waals surface area contributed by atoms with Crippen molar-refractivity contribution in [1.29, 1.82) is 0 Å². The summed E-state index contributed by atoms with van der Waals surface area (Å²) >= 11 is 0. The van der Waals surface area contributed by atoms with E-state index in [1.165, 1.54) is 12.1 Å². The maximum Gasteiger partial charge on any atom is 0.416 e. The molecule has 0 aromatic heterocycles. The first-order chi connectivity index (χ1) is 12.8. The fourth-order valence-electron chi connectivity index (χ4n) is 3.15. The van der Waals surface area contributed by atoms with Gasteiger partial charge in [-0.3, -0.25) is 9.59 Å². The topological polar surface area (TPSA) is 49.4 Å². The smallest absolute Gasteiger partial charge is 0.322 e. The normalized spacial score (nSPS) is 14.1. The van der Waals surface area contributed by atoms with Crippen molar-refractivity contribution in [1.82, 2.24) is 0 Å². The minimum atomic E-state index is -4.50. The summed E-state index contributed by atoms with van der Waals surface area (Å²) in [6.07, 6.45) is -2.70. The van der Waals surface area contributed by atoms with E-state index in [2.05, 4.69) is 5.32 Å². The van der Waals surface area contributed by atoms with E-state index < -0.39 is 17.6 Å². The number of anilines is 2. The minimum absolute atomic E-state index is 0.0645. The summed E-state index contributed by atoms with van der Waals surface area (Å²) in [7, 11) is 0. The molecule has 0 spiro atoms. The summed E-state index contributed by atoms with van der Waals surface area (Å²) < 4.78 is 38.4. The summed E-state index contributed by atoms with van der Waals surface area (Å²) in [5.41, 5.74) is 1.32. The molecular formula is C20H19F3N2O2. The van der Waals surface area contributed by atoms with E-state index in [-0.39, 0.29) is 11.5 Å². The molecule has 0 saturated heterocycles. The number of carbonyl (C=O) groups excluding carboxylic acids is 2. The number of fused-ring (bicyclic) bond motifs is 1. The van der Waals surface area contributed by atoms with E-state index in [0.29, 0.717) is 25.1 Å². The van der Waals surface area contributed by atoms with Gasteiger partial charge in [0.1, 0.15) is 0 Å². The van der Waals surface area contributed by atoms with Gasteiger partial charge in [0, 0.05) is 29.9 Å². The highest BCUT2D eigenvalue weighted by Crippen LogP contribution is 2.31. The first-order valence-corrected chi connectivity index (χ1v) is 8.71. The van der Waals surface area contributed by atoms with Crippen molar-refractivity contribution in [2.45, 2.75) is 32.4 Å². The lowest BCUT2D eigenvalue weighted by Crippen LogP contribution is -2.35. The van der Waals surface area contributed by atoms with Crippen LogP contribution >= 0.6 is 0 Å². The maximum absolute atomic E-state index is 12.8. The maximum atomic E-state index is 12.8. The Labute approximate surface area is 155 Å². The predicted molar refractivity (Wildman–Crippen MR) is 96.8 cm³/mol. The first kappa shape index (κ1) is 18.9. The molecule has 1 N–H and O–H groups in total. The highest BCUT2D eigenvalue weighted by atomic mass is 19.4. The number of aryl methyl sites for hydroxylation is 1. The monoisotopic (exact) mass is 376 g/mol. The second-order valence-corrected chi connectivity index (χ2v) is 6.42. The number of benzene rings is 2. The Morgan fingerprint density at radius 3 is 2.63 bits per heavy atom. The summed E-state index contributed by atoms with van der Waals surface area (Å²) in [6.45, 7) is 2.62. The number of amides is 2. The number of hydrogen-bond donors (Lipinski definition) is 1. The molecule has 2 amide bonds. The predicted octanol–water partition coefficient (Wildman–Crippen LogP) is 4.65. The second kappa shape index (κ2) is 7.42. The molecule has 7 heteroatoms. The Bertz CT molecular complexity index is 878. The number of rotatable bonds is 4. The largest absolute Gasteiger partial charge is 0.416 e. The average Bonchev–Trinajstić information content (AvgIpc) is 2.63. The van der Waals surface area contributed by atoms with E-state index in [9.17, 15) is 22.8 Å². The molecule has 1 aliphatic rings. The van der Waals surface area contributed by atoms with Crippen LogP contribution in [0.4, 0.5) is 24.5 Å². The summed E-state index contributed by atoms with van der Waals surface area (Å²) in [6, 6.07) is 9.50. The van der Waals surface area contributed by atoms with Crippen LogP contribution in [0.1, 0.15) is 41.3 Å².